The highest BCUT2D eigenvalue weighted by Gasteiger charge is 2.16. The Morgan fingerprint density at radius 3 is 2.42 bits per heavy atom. The number of nitrogens with one attached hydrogen (secondary N) is 1. The molecule has 0 aliphatic rings. The van der Waals surface area contributed by atoms with Gasteiger partial charge in [0, 0.05) is 11.8 Å². The fourth-order valence-corrected chi connectivity index (χ4v) is 2.09. The van der Waals surface area contributed by atoms with Crippen LogP contribution in [-0.2, 0) is 14.3 Å². The highest BCUT2D eigenvalue weighted by Crippen LogP contribution is 2.23. The summed E-state index contributed by atoms with van der Waals surface area (Å²) in [5, 5.41) is 21.3. The Bertz CT molecular complexity index is 861. The average Bonchev–Trinajstić information content (AvgIpc) is 2.61. The second-order valence-corrected chi connectivity index (χ2v) is 5.35. The van der Waals surface area contributed by atoms with Crippen molar-refractivity contribution in [3.63, 3.8) is 0 Å². The number of methoxy groups -OCH3 is 1. The first-order valence-corrected chi connectivity index (χ1v) is 7.49. The van der Waals surface area contributed by atoms with Crippen molar-refractivity contribution in [2.45, 2.75) is 6.92 Å². The van der Waals surface area contributed by atoms with Gasteiger partial charge in [0.25, 0.3) is 5.91 Å². The first-order valence-electron chi connectivity index (χ1n) is 7.49. The van der Waals surface area contributed by atoms with Crippen LogP contribution in [0.2, 0.25) is 0 Å². The number of rotatable bonds is 5. The summed E-state index contributed by atoms with van der Waals surface area (Å²) in [4.78, 5) is 35.4. The highest BCUT2D eigenvalue weighted by atomic mass is 16.5. The molecule has 1 amide bonds. The van der Waals surface area contributed by atoms with Crippen LogP contribution in [0.1, 0.15) is 26.3 Å². The molecule has 0 saturated carbocycles. The number of aromatic hydroxyl groups is 2. The van der Waals surface area contributed by atoms with Crippen LogP contribution in [0.4, 0.5) is 5.69 Å². The summed E-state index contributed by atoms with van der Waals surface area (Å²) in [5.74, 6) is -2.76. The molecule has 0 saturated heterocycles. The van der Waals surface area contributed by atoms with Crippen molar-refractivity contribution in [1.29, 1.82) is 0 Å². The van der Waals surface area contributed by atoms with Gasteiger partial charge in [-0.25, -0.2) is 9.59 Å². The van der Waals surface area contributed by atoms with Gasteiger partial charge in [-0.05, 0) is 36.8 Å². The molecule has 0 heterocycles. The minimum atomic E-state index is -0.919. The van der Waals surface area contributed by atoms with E-state index >= 15 is 0 Å². The van der Waals surface area contributed by atoms with E-state index in [0.29, 0.717) is 11.3 Å². The van der Waals surface area contributed by atoms with Crippen molar-refractivity contribution < 1.29 is 34.1 Å². The van der Waals surface area contributed by atoms with Gasteiger partial charge in [-0.3, -0.25) is 4.79 Å². The van der Waals surface area contributed by atoms with E-state index < -0.39 is 30.2 Å². The molecule has 0 spiro atoms. The van der Waals surface area contributed by atoms with Crippen LogP contribution in [0.3, 0.4) is 0 Å². The second kappa shape index (κ2) is 8.02. The van der Waals surface area contributed by atoms with Crippen LogP contribution in [0.5, 0.6) is 11.5 Å². The molecular formula is C18H17NO7. The van der Waals surface area contributed by atoms with Crippen molar-refractivity contribution in [3.05, 3.63) is 53.1 Å². The van der Waals surface area contributed by atoms with Crippen molar-refractivity contribution in [2.24, 2.45) is 0 Å². The number of benzene rings is 2. The molecule has 8 heteroatoms. The van der Waals surface area contributed by atoms with E-state index in [9.17, 15) is 24.6 Å². The third-order valence-corrected chi connectivity index (χ3v) is 3.47. The highest BCUT2D eigenvalue weighted by molar-refractivity contribution is 5.98. The minimum absolute atomic E-state index is 0.181. The van der Waals surface area contributed by atoms with Crippen LogP contribution in [0.15, 0.2) is 36.4 Å². The van der Waals surface area contributed by atoms with E-state index in [1.165, 1.54) is 25.3 Å². The quantitative estimate of drug-likeness (QED) is 0.698. The predicted molar refractivity (Wildman–Crippen MR) is 91.2 cm³/mol. The molecule has 8 nitrogen and oxygen atoms in total. The lowest BCUT2D eigenvalue weighted by molar-refractivity contribution is -0.119. The molecule has 0 aliphatic carbocycles. The molecule has 136 valence electrons. The number of hydrogen-bond donors (Lipinski definition) is 3. The summed E-state index contributed by atoms with van der Waals surface area (Å²) in [5.41, 5.74) is 1.16. The van der Waals surface area contributed by atoms with Gasteiger partial charge in [0.15, 0.2) is 6.61 Å². The molecule has 0 unspecified atom stereocenters. The van der Waals surface area contributed by atoms with E-state index in [0.717, 1.165) is 6.07 Å². The number of aryl methyl sites for hydroxylation is 1. The number of phenolic OH excluding ortho intramolecular Hbond substituents is 2. The maximum Gasteiger partial charge on any atom is 0.342 e. The normalized spacial score (nSPS) is 10.1. The number of carbonyl (C=O) groups excluding carboxylic acids is 3. The summed E-state index contributed by atoms with van der Waals surface area (Å²) >= 11 is 0. The molecule has 0 aromatic heterocycles. The van der Waals surface area contributed by atoms with Crippen molar-refractivity contribution in [1.82, 2.24) is 0 Å². The molecule has 3 N–H and O–H groups in total. The van der Waals surface area contributed by atoms with E-state index in [2.05, 4.69) is 10.1 Å². The summed E-state index contributed by atoms with van der Waals surface area (Å²) < 4.78 is 9.46. The van der Waals surface area contributed by atoms with Crippen LogP contribution in [-0.4, -0.2) is 41.8 Å². The van der Waals surface area contributed by atoms with Gasteiger partial charge in [-0.1, -0.05) is 6.07 Å². The van der Waals surface area contributed by atoms with Gasteiger partial charge in [0.2, 0.25) is 0 Å². The smallest absolute Gasteiger partial charge is 0.342 e. The Morgan fingerprint density at radius 1 is 1.04 bits per heavy atom. The Labute approximate surface area is 149 Å². The second-order valence-electron chi connectivity index (χ2n) is 5.35. The molecule has 26 heavy (non-hydrogen) atoms. The van der Waals surface area contributed by atoms with Crippen molar-refractivity contribution in [3.8, 4) is 11.5 Å². The van der Waals surface area contributed by atoms with Gasteiger partial charge in [-0.15, -0.1) is 0 Å². The molecule has 0 atom stereocenters. The third kappa shape index (κ3) is 4.50. The van der Waals surface area contributed by atoms with Crippen molar-refractivity contribution >= 4 is 23.5 Å². The zero-order chi connectivity index (χ0) is 19.3. The summed E-state index contributed by atoms with van der Waals surface area (Å²) in [7, 11) is 1.25. The number of phenols is 2. The van der Waals surface area contributed by atoms with Gasteiger partial charge in [0.1, 0.15) is 17.1 Å². The van der Waals surface area contributed by atoms with E-state index in [-0.39, 0.29) is 16.9 Å². The van der Waals surface area contributed by atoms with Crippen LogP contribution in [0.25, 0.3) is 0 Å². The topological polar surface area (TPSA) is 122 Å². The molecular weight excluding hydrogens is 342 g/mol. The predicted octanol–water partition coefficient (Wildman–Crippen LogP) is 1.99. The molecule has 2 rings (SSSR count). The molecule has 0 aliphatic heterocycles. The van der Waals surface area contributed by atoms with E-state index in [4.69, 9.17) is 4.74 Å². The van der Waals surface area contributed by atoms with Gasteiger partial charge >= 0.3 is 11.9 Å². The fourth-order valence-electron chi connectivity index (χ4n) is 2.09. The average molecular weight is 359 g/mol. The molecule has 2 aromatic carbocycles. The van der Waals surface area contributed by atoms with Gasteiger partial charge < -0.3 is 25.0 Å². The Balaban J connectivity index is 2.00. The third-order valence-electron chi connectivity index (χ3n) is 3.47. The molecule has 0 radical (unpaired) electrons. The summed E-state index contributed by atoms with van der Waals surface area (Å²) in [6.45, 7) is 1.14. The zero-order valence-electron chi connectivity index (χ0n) is 14.1. The number of ether oxygens (including phenoxy) is 2. The lowest BCUT2D eigenvalue weighted by Crippen LogP contribution is -2.21. The number of anilines is 1. The maximum atomic E-state index is 12.0. The van der Waals surface area contributed by atoms with Crippen LogP contribution in [0, 0.1) is 6.92 Å². The Morgan fingerprint density at radius 2 is 1.77 bits per heavy atom. The first kappa shape index (κ1) is 18.8. The Kier molecular flexibility index (Phi) is 5.79. The number of hydrogen-bond acceptors (Lipinski definition) is 7. The number of amides is 1. The standard InChI is InChI=1S/C18H17NO7/c1-10-3-4-11(17(23)25-2)7-14(10)19-16(22)9-26-18(24)13-6-5-12(20)8-15(13)21/h3-8,20-21H,9H2,1-2H3,(H,19,22). The van der Waals surface area contributed by atoms with Crippen LogP contribution < -0.4 is 5.32 Å². The largest absolute Gasteiger partial charge is 0.508 e. The monoisotopic (exact) mass is 359 g/mol. The van der Waals surface area contributed by atoms with Gasteiger partial charge in [-0.2, -0.15) is 0 Å². The lowest BCUT2D eigenvalue weighted by atomic mass is 10.1. The first-order chi connectivity index (χ1) is 12.3. The van der Waals surface area contributed by atoms with Gasteiger partial charge in [0.05, 0.1) is 12.7 Å². The zero-order valence-corrected chi connectivity index (χ0v) is 14.1. The lowest BCUT2D eigenvalue weighted by Gasteiger charge is -2.11. The summed E-state index contributed by atoms with van der Waals surface area (Å²) in [6, 6.07) is 8.02. The summed E-state index contributed by atoms with van der Waals surface area (Å²) in [6.07, 6.45) is 0. The molecule has 0 fully saturated rings. The maximum absolute atomic E-state index is 12.0. The Hall–Kier alpha value is -3.55. The number of esters is 2. The molecule has 0 bridgehead atoms. The molecule has 2 aromatic rings. The fraction of sp³-hybridized carbons (Fsp3) is 0.167. The van der Waals surface area contributed by atoms with E-state index in [1.54, 1.807) is 19.1 Å². The van der Waals surface area contributed by atoms with E-state index in [1.807, 2.05) is 0 Å². The van der Waals surface area contributed by atoms with Crippen LogP contribution >= 0.6 is 0 Å². The van der Waals surface area contributed by atoms with Crippen molar-refractivity contribution in [2.75, 3.05) is 19.0 Å². The minimum Gasteiger partial charge on any atom is -0.508 e. The number of carbonyl (C=O) groups is 3. The SMILES string of the molecule is COC(=O)c1ccc(C)c(NC(=O)COC(=O)c2ccc(O)cc2O)c1.